The standard InChI is InChI=1S/C13H18FNO/c14-12-5-3-4-11(8-12)9-13(10-16)6-1-2-7-15-13/h3-5,8,15-16H,1-2,6-7,9-10H2. The lowest BCUT2D eigenvalue weighted by molar-refractivity contribution is 0.131. The van der Waals surface area contributed by atoms with Crippen molar-refractivity contribution in [2.24, 2.45) is 0 Å². The van der Waals surface area contributed by atoms with E-state index in [1.165, 1.54) is 6.07 Å². The van der Waals surface area contributed by atoms with E-state index in [4.69, 9.17) is 0 Å². The van der Waals surface area contributed by atoms with Crippen molar-refractivity contribution in [2.45, 2.75) is 31.2 Å². The second kappa shape index (κ2) is 4.93. The summed E-state index contributed by atoms with van der Waals surface area (Å²) in [5.74, 6) is -0.207. The predicted molar refractivity (Wildman–Crippen MR) is 61.8 cm³/mol. The summed E-state index contributed by atoms with van der Waals surface area (Å²) < 4.78 is 13.1. The summed E-state index contributed by atoms with van der Waals surface area (Å²) in [5.41, 5.74) is 0.704. The summed E-state index contributed by atoms with van der Waals surface area (Å²) in [6.07, 6.45) is 3.94. The maximum absolute atomic E-state index is 13.1. The minimum Gasteiger partial charge on any atom is -0.394 e. The van der Waals surface area contributed by atoms with Crippen LogP contribution in [-0.2, 0) is 6.42 Å². The minimum atomic E-state index is -0.244. The normalized spacial score (nSPS) is 25.6. The lowest BCUT2D eigenvalue weighted by Gasteiger charge is -2.37. The van der Waals surface area contributed by atoms with Crippen LogP contribution in [0.15, 0.2) is 24.3 Å². The third kappa shape index (κ3) is 2.60. The smallest absolute Gasteiger partial charge is 0.123 e. The van der Waals surface area contributed by atoms with Gasteiger partial charge in [-0.25, -0.2) is 4.39 Å². The maximum Gasteiger partial charge on any atom is 0.123 e. The first-order chi connectivity index (χ1) is 7.74. The second-order valence-corrected chi connectivity index (χ2v) is 4.63. The number of hydrogen-bond acceptors (Lipinski definition) is 2. The fourth-order valence-electron chi connectivity index (χ4n) is 2.41. The van der Waals surface area contributed by atoms with Gasteiger partial charge in [0.15, 0.2) is 0 Å². The molecule has 1 unspecified atom stereocenters. The van der Waals surface area contributed by atoms with E-state index in [9.17, 15) is 9.50 Å². The van der Waals surface area contributed by atoms with Crippen LogP contribution >= 0.6 is 0 Å². The number of piperidine rings is 1. The van der Waals surface area contributed by atoms with Crippen molar-refractivity contribution in [3.05, 3.63) is 35.6 Å². The summed E-state index contributed by atoms with van der Waals surface area (Å²) in [7, 11) is 0. The molecule has 0 bridgehead atoms. The van der Waals surface area contributed by atoms with Crippen LogP contribution < -0.4 is 5.32 Å². The Morgan fingerprint density at radius 2 is 2.25 bits per heavy atom. The van der Waals surface area contributed by atoms with Crippen LogP contribution in [-0.4, -0.2) is 23.8 Å². The molecule has 2 N–H and O–H groups in total. The van der Waals surface area contributed by atoms with E-state index in [0.717, 1.165) is 31.4 Å². The number of halogens is 1. The van der Waals surface area contributed by atoms with Crippen molar-refractivity contribution < 1.29 is 9.50 Å². The monoisotopic (exact) mass is 223 g/mol. The molecule has 0 aromatic heterocycles. The third-order valence-electron chi connectivity index (χ3n) is 3.32. The summed E-state index contributed by atoms with van der Waals surface area (Å²) in [6, 6.07) is 6.63. The molecule has 2 rings (SSSR count). The average Bonchev–Trinajstić information content (AvgIpc) is 2.30. The molecular formula is C13H18FNO. The third-order valence-corrected chi connectivity index (χ3v) is 3.32. The fraction of sp³-hybridized carbons (Fsp3) is 0.538. The summed E-state index contributed by atoms with van der Waals surface area (Å²) in [4.78, 5) is 0. The molecule has 1 atom stereocenters. The van der Waals surface area contributed by atoms with Gasteiger partial charge in [-0.1, -0.05) is 18.6 Å². The SMILES string of the molecule is OCC1(Cc2cccc(F)c2)CCCCN1. The first-order valence-corrected chi connectivity index (χ1v) is 5.84. The molecule has 0 amide bonds. The number of nitrogens with one attached hydrogen (secondary N) is 1. The van der Waals surface area contributed by atoms with Crippen LogP contribution in [0.1, 0.15) is 24.8 Å². The van der Waals surface area contributed by atoms with Gasteiger partial charge in [0, 0.05) is 5.54 Å². The number of hydrogen-bond donors (Lipinski definition) is 2. The summed E-state index contributed by atoms with van der Waals surface area (Å²) >= 11 is 0. The zero-order chi connectivity index (χ0) is 11.4. The van der Waals surface area contributed by atoms with Crippen molar-refractivity contribution in [3.63, 3.8) is 0 Å². The highest BCUT2D eigenvalue weighted by Crippen LogP contribution is 2.23. The molecular weight excluding hydrogens is 205 g/mol. The van der Waals surface area contributed by atoms with Gasteiger partial charge in [0.2, 0.25) is 0 Å². The average molecular weight is 223 g/mol. The van der Waals surface area contributed by atoms with E-state index < -0.39 is 0 Å². The molecule has 16 heavy (non-hydrogen) atoms. The van der Waals surface area contributed by atoms with Crippen molar-refractivity contribution in [2.75, 3.05) is 13.2 Å². The van der Waals surface area contributed by atoms with Crippen LogP contribution in [0.2, 0.25) is 0 Å². The fourth-order valence-corrected chi connectivity index (χ4v) is 2.41. The van der Waals surface area contributed by atoms with Crippen LogP contribution in [0.4, 0.5) is 4.39 Å². The number of aliphatic hydroxyl groups is 1. The highest BCUT2D eigenvalue weighted by Gasteiger charge is 2.30. The molecule has 1 aliphatic rings. The molecule has 1 aromatic carbocycles. The van der Waals surface area contributed by atoms with E-state index in [1.54, 1.807) is 12.1 Å². The van der Waals surface area contributed by atoms with E-state index in [-0.39, 0.29) is 18.0 Å². The Kier molecular flexibility index (Phi) is 3.56. The van der Waals surface area contributed by atoms with E-state index >= 15 is 0 Å². The van der Waals surface area contributed by atoms with Crippen LogP contribution in [0.3, 0.4) is 0 Å². The van der Waals surface area contributed by atoms with Gasteiger partial charge >= 0.3 is 0 Å². The number of rotatable bonds is 3. The van der Waals surface area contributed by atoms with Crippen molar-refractivity contribution in [1.82, 2.24) is 5.32 Å². The molecule has 1 saturated heterocycles. The van der Waals surface area contributed by atoms with Gasteiger partial charge in [-0.3, -0.25) is 0 Å². The lowest BCUT2D eigenvalue weighted by Crippen LogP contribution is -2.53. The van der Waals surface area contributed by atoms with Crippen LogP contribution in [0.25, 0.3) is 0 Å². The van der Waals surface area contributed by atoms with Crippen LogP contribution in [0.5, 0.6) is 0 Å². The van der Waals surface area contributed by atoms with Gasteiger partial charge in [0.1, 0.15) is 5.82 Å². The molecule has 0 saturated carbocycles. The lowest BCUT2D eigenvalue weighted by atomic mass is 9.84. The van der Waals surface area contributed by atoms with Crippen molar-refractivity contribution >= 4 is 0 Å². The molecule has 1 heterocycles. The Balaban J connectivity index is 2.11. The topological polar surface area (TPSA) is 32.3 Å². The Bertz CT molecular complexity index is 348. The van der Waals surface area contributed by atoms with Gasteiger partial charge in [0.25, 0.3) is 0 Å². The Labute approximate surface area is 95.5 Å². The first kappa shape index (κ1) is 11.6. The van der Waals surface area contributed by atoms with Crippen molar-refractivity contribution in [3.8, 4) is 0 Å². The van der Waals surface area contributed by atoms with Gasteiger partial charge in [-0.2, -0.15) is 0 Å². The van der Waals surface area contributed by atoms with Crippen molar-refractivity contribution in [1.29, 1.82) is 0 Å². The summed E-state index contributed by atoms with van der Waals surface area (Å²) in [5, 5.41) is 12.9. The van der Waals surface area contributed by atoms with Gasteiger partial charge < -0.3 is 10.4 Å². The largest absolute Gasteiger partial charge is 0.394 e. The molecule has 3 heteroatoms. The Morgan fingerprint density at radius 1 is 1.38 bits per heavy atom. The zero-order valence-electron chi connectivity index (χ0n) is 9.38. The van der Waals surface area contributed by atoms with E-state index in [0.29, 0.717) is 6.42 Å². The second-order valence-electron chi connectivity index (χ2n) is 4.63. The maximum atomic E-state index is 13.1. The predicted octanol–water partition coefficient (Wildman–Crippen LogP) is 1.87. The summed E-state index contributed by atoms with van der Waals surface area (Å²) in [6.45, 7) is 1.05. The Morgan fingerprint density at radius 3 is 2.88 bits per heavy atom. The van der Waals surface area contributed by atoms with Gasteiger partial charge in [0.05, 0.1) is 6.61 Å². The van der Waals surface area contributed by atoms with Gasteiger partial charge in [-0.15, -0.1) is 0 Å². The molecule has 1 fully saturated rings. The molecule has 0 radical (unpaired) electrons. The highest BCUT2D eigenvalue weighted by atomic mass is 19.1. The first-order valence-electron chi connectivity index (χ1n) is 5.84. The number of aliphatic hydroxyl groups excluding tert-OH is 1. The molecule has 1 aliphatic heterocycles. The molecule has 1 aromatic rings. The van der Waals surface area contributed by atoms with E-state index in [1.807, 2.05) is 6.07 Å². The number of benzene rings is 1. The zero-order valence-corrected chi connectivity index (χ0v) is 9.38. The Hall–Kier alpha value is -0.930. The molecule has 88 valence electrons. The highest BCUT2D eigenvalue weighted by molar-refractivity contribution is 5.19. The molecule has 0 aliphatic carbocycles. The van der Waals surface area contributed by atoms with E-state index in [2.05, 4.69) is 5.32 Å². The van der Waals surface area contributed by atoms with Gasteiger partial charge in [-0.05, 0) is 43.5 Å². The van der Waals surface area contributed by atoms with Crippen LogP contribution in [0, 0.1) is 5.82 Å². The molecule has 2 nitrogen and oxygen atoms in total. The molecule has 0 spiro atoms. The minimum absolute atomic E-state index is 0.115. The quantitative estimate of drug-likeness (QED) is 0.820.